The van der Waals surface area contributed by atoms with E-state index in [0.717, 1.165) is 29.7 Å². The number of carbonyl (C=O) groups is 1. The van der Waals surface area contributed by atoms with Gasteiger partial charge in [-0.15, -0.1) is 0 Å². The predicted octanol–water partition coefficient (Wildman–Crippen LogP) is 4.13. The Balaban J connectivity index is 1.73. The predicted molar refractivity (Wildman–Crippen MR) is 113 cm³/mol. The van der Waals surface area contributed by atoms with Gasteiger partial charge in [-0.1, -0.05) is 12.1 Å². The summed E-state index contributed by atoms with van der Waals surface area (Å²) >= 11 is 0. The third kappa shape index (κ3) is 4.04. The quantitative estimate of drug-likeness (QED) is 0.681. The van der Waals surface area contributed by atoms with Gasteiger partial charge in [0.25, 0.3) is 5.91 Å². The first-order valence-electron chi connectivity index (χ1n) is 9.96. The topological polar surface area (TPSA) is 111 Å². The van der Waals surface area contributed by atoms with Crippen LogP contribution in [0, 0.1) is 11.3 Å². The van der Waals surface area contributed by atoms with E-state index < -0.39 is 10.6 Å². The summed E-state index contributed by atoms with van der Waals surface area (Å²) in [5.74, 6) is 0.663. The van der Waals surface area contributed by atoms with Crippen LogP contribution < -0.4 is 5.32 Å². The molecule has 0 spiro atoms. The smallest absolute Gasteiger partial charge is 0.270 e. The highest BCUT2D eigenvalue weighted by Crippen LogP contribution is 2.47. The zero-order valence-electron chi connectivity index (χ0n) is 16.6. The highest BCUT2D eigenvalue weighted by molar-refractivity contribution is 8.24. The number of rotatable bonds is 5. The molecule has 2 heterocycles. The molecule has 8 heteroatoms. The molecule has 29 heavy (non-hydrogen) atoms. The van der Waals surface area contributed by atoms with Crippen LogP contribution >= 0.6 is 10.6 Å². The Morgan fingerprint density at radius 3 is 2.48 bits per heavy atom. The van der Waals surface area contributed by atoms with E-state index in [4.69, 9.17) is 10.4 Å². The van der Waals surface area contributed by atoms with E-state index in [-0.39, 0.29) is 23.7 Å². The van der Waals surface area contributed by atoms with Gasteiger partial charge < -0.3 is 5.32 Å². The lowest BCUT2D eigenvalue weighted by Crippen LogP contribution is -2.37. The molecular formula is C21H26N4O3S. The van der Waals surface area contributed by atoms with Crippen LogP contribution in [0.5, 0.6) is 0 Å². The SMILES string of the molecule is CC(C)n1nc(-c2ccc(C#N)cc2)c(C2CC2)c1C(=O)NC1CCS(O)(O)C1. The number of nitrogens with zero attached hydrogens (tertiary/aromatic N) is 3. The average Bonchev–Trinajstić information content (AvgIpc) is 3.35. The molecule has 1 atom stereocenters. The van der Waals surface area contributed by atoms with Gasteiger partial charge in [0.2, 0.25) is 0 Å². The van der Waals surface area contributed by atoms with Crippen molar-refractivity contribution in [3.05, 3.63) is 41.1 Å². The summed E-state index contributed by atoms with van der Waals surface area (Å²) < 4.78 is 21.6. The number of benzene rings is 1. The van der Waals surface area contributed by atoms with Crippen molar-refractivity contribution < 1.29 is 13.9 Å². The van der Waals surface area contributed by atoms with Gasteiger partial charge in [-0.25, -0.2) is 0 Å². The fraction of sp³-hybridized carbons (Fsp3) is 0.476. The van der Waals surface area contributed by atoms with Crippen LogP contribution in [-0.2, 0) is 0 Å². The van der Waals surface area contributed by atoms with Crippen LogP contribution in [0.3, 0.4) is 0 Å². The standard InChI is InChI=1S/C21H26N4O3S/c1-13(2)25-20(21(26)23-17-9-10-29(27,28)12-17)18(15-7-8-15)19(24-25)16-5-3-14(11-22)4-6-16/h3-6,13,15,17,27-28H,7-10,12H2,1-2H3,(H,23,26). The third-order valence-electron chi connectivity index (χ3n) is 5.52. The lowest BCUT2D eigenvalue weighted by molar-refractivity contribution is 0.0927. The maximum Gasteiger partial charge on any atom is 0.270 e. The number of carbonyl (C=O) groups excluding carboxylic acids is 1. The fourth-order valence-electron chi connectivity index (χ4n) is 3.91. The molecule has 154 valence electrons. The Kier molecular flexibility index (Phi) is 5.15. The van der Waals surface area contributed by atoms with Gasteiger partial charge in [-0.3, -0.25) is 18.6 Å². The molecule has 2 aliphatic rings. The second-order valence-corrected chi connectivity index (χ2v) is 10.6. The van der Waals surface area contributed by atoms with Crippen molar-refractivity contribution >= 4 is 16.5 Å². The molecule has 1 aromatic carbocycles. The van der Waals surface area contributed by atoms with Crippen molar-refractivity contribution in [1.29, 1.82) is 5.26 Å². The molecule has 1 saturated heterocycles. The molecule has 3 N–H and O–H groups in total. The highest BCUT2D eigenvalue weighted by Gasteiger charge is 2.37. The second-order valence-electron chi connectivity index (χ2n) is 8.24. The van der Waals surface area contributed by atoms with Crippen molar-refractivity contribution in [3.8, 4) is 17.3 Å². The molecule has 7 nitrogen and oxygen atoms in total. The first-order chi connectivity index (χ1) is 13.8. The maximum absolute atomic E-state index is 13.3. The van der Waals surface area contributed by atoms with E-state index >= 15 is 0 Å². The summed E-state index contributed by atoms with van der Waals surface area (Å²) in [6.45, 7) is 3.99. The maximum atomic E-state index is 13.3. The highest BCUT2D eigenvalue weighted by atomic mass is 32.3. The largest absolute Gasteiger partial charge is 0.346 e. The van der Waals surface area contributed by atoms with Crippen molar-refractivity contribution in [2.24, 2.45) is 0 Å². The first kappa shape index (κ1) is 20.0. The Morgan fingerprint density at radius 2 is 1.97 bits per heavy atom. The Morgan fingerprint density at radius 1 is 1.28 bits per heavy atom. The van der Waals surface area contributed by atoms with Crippen LogP contribution in [0.1, 0.15) is 66.7 Å². The molecule has 1 saturated carbocycles. The molecule has 4 rings (SSSR count). The molecule has 1 amide bonds. The van der Waals surface area contributed by atoms with Crippen LogP contribution in [0.2, 0.25) is 0 Å². The molecular weight excluding hydrogens is 388 g/mol. The van der Waals surface area contributed by atoms with Gasteiger partial charge in [-0.05, 0) is 51.2 Å². The van der Waals surface area contributed by atoms with Gasteiger partial charge in [-0.2, -0.15) is 21.0 Å². The van der Waals surface area contributed by atoms with Crippen molar-refractivity contribution in [2.45, 2.75) is 51.1 Å². The molecule has 1 unspecified atom stereocenters. The number of aromatic nitrogens is 2. The average molecular weight is 415 g/mol. The second kappa shape index (κ2) is 7.48. The minimum atomic E-state index is -2.57. The fourth-order valence-corrected chi connectivity index (χ4v) is 5.63. The number of nitrogens with one attached hydrogen (secondary N) is 1. The minimum absolute atomic E-state index is 0.00404. The molecule has 1 aliphatic heterocycles. The van der Waals surface area contributed by atoms with E-state index in [0.29, 0.717) is 29.3 Å². The Hall–Kier alpha value is -2.34. The van der Waals surface area contributed by atoms with Crippen LogP contribution in [0.15, 0.2) is 24.3 Å². The lowest BCUT2D eigenvalue weighted by Gasteiger charge is -2.26. The van der Waals surface area contributed by atoms with Gasteiger partial charge >= 0.3 is 0 Å². The molecule has 2 aromatic rings. The zero-order valence-corrected chi connectivity index (χ0v) is 17.4. The third-order valence-corrected chi connectivity index (χ3v) is 7.35. The van der Waals surface area contributed by atoms with E-state index in [1.807, 2.05) is 26.0 Å². The van der Waals surface area contributed by atoms with Crippen LogP contribution in [0.4, 0.5) is 0 Å². The van der Waals surface area contributed by atoms with Gasteiger partial charge in [0.15, 0.2) is 0 Å². The van der Waals surface area contributed by atoms with E-state index in [9.17, 15) is 13.9 Å². The Labute approximate surface area is 172 Å². The minimum Gasteiger partial charge on any atom is -0.346 e. The summed E-state index contributed by atoms with van der Waals surface area (Å²) in [6, 6.07) is 9.20. The summed E-state index contributed by atoms with van der Waals surface area (Å²) in [5.41, 5.74) is 3.82. The van der Waals surface area contributed by atoms with E-state index in [1.165, 1.54) is 0 Å². The van der Waals surface area contributed by atoms with Crippen molar-refractivity contribution in [3.63, 3.8) is 0 Å². The molecule has 0 bridgehead atoms. The van der Waals surface area contributed by atoms with E-state index in [2.05, 4.69) is 11.4 Å². The number of amides is 1. The normalized spacial score (nSPS) is 21.7. The number of hydrogen-bond donors (Lipinski definition) is 3. The van der Waals surface area contributed by atoms with E-state index in [1.54, 1.807) is 16.8 Å². The van der Waals surface area contributed by atoms with Gasteiger partial charge in [0.1, 0.15) is 5.69 Å². The number of hydrogen-bond acceptors (Lipinski definition) is 5. The molecule has 0 radical (unpaired) electrons. The monoisotopic (exact) mass is 414 g/mol. The number of nitriles is 1. The summed E-state index contributed by atoms with van der Waals surface area (Å²) in [6.07, 6.45) is 2.62. The van der Waals surface area contributed by atoms with Crippen molar-refractivity contribution in [1.82, 2.24) is 15.1 Å². The zero-order chi connectivity index (χ0) is 20.8. The van der Waals surface area contributed by atoms with Crippen LogP contribution in [0.25, 0.3) is 11.3 Å². The first-order valence-corrected chi connectivity index (χ1v) is 11.8. The summed E-state index contributed by atoms with van der Waals surface area (Å²) in [7, 11) is -2.57. The molecule has 2 fully saturated rings. The Bertz CT molecular complexity index is 971. The lowest BCUT2D eigenvalue weighted by atomic mass is 10.0. The molecule has 1 aliphatic carbocycles. The van der Waals surface area contributed by atoms with Gasteiger partial charge in [0.05, 0.1) is 23.1 Å². The van der Waals surface area contributed by atoms with Gasteiger partial charge in [0, 0.05) is 29.0 Å². The summed E-state index contributed by atoms with van der Waals surface area (Å²) in [5, 5.41) is 16.9. The van der Waals surface area contributed by atoms with Crippen molar-refractivity contribution in [2.75, 3.05) is 11.5 Å². The van der Waals surface area contributed by atoms with Crippen LogP contribution in [-0.4, -0.2) is 42.3 Å². The summed E-state index contributed by atoms with van der Waals surface area (Å²) in [4.78, 5) is 13.3. The molecule has 1 aromatic heterocycles.